The van der Waals surface area contributed by atoms with Crippen LogP contribution in [0.5, 0.6) is 11.5 Å². The highest BCUT2D eigenvalue weighted by molar-refractivity contribution is 5.76. The van der Waals surface area contributed by atoms with E-state index in [-0.39, 0.29) is 23.8 Å². The molecule has 0 amide bonds. The van der Waals surface area contributed by atoms with Gasteiger partial charge in [0.25, 0.3) is 0 Å². The average molecular weight is 537 g/mol. The molecule has 2 aliphatic heterocycles. The minimum absolute atomic E-state index is 0.0596. The Kier molecular flexibility index (Phi) is 10.1. The predicted molar refractivity (Wildman–Crippen MR) is 156 cm³/mol. The van der Waals surface area contributed by atoms with Crippen molar-refractivity contribution in [2.24, 2.45) is 5.92 Å². The molecule has 2 fully saturated rings. The number of esters is 2. The van der Waals surface area contributed by atoms with E-state index in [1.807, 2.05) is 12.1 Å². The highest BCUT2D eigenvalue weighted by Crippen LogP contribution is 2.47. The minimum atomic E-state index is -0.223. The van der Waals surface area contributed by atoms with Crippen LogP contribution in [0.2, 0.25) is 0 Å². The van der Waals surface area contributed by atoms with Gasteiger partial charge in [0.05, 0.1) is 0 Å². The lowest BCUT2D eigenvalue weighted by molar-refractivity contribution is -0.135. The molecule has 2 heterocycles. The SMILES string of the molecule is C=C(C)C1CCC(C)=CC1c1c(OC(=O)CCC2CN2C)cc(CCCCC)cc1OC(=O)CCC1CN1C. The largest absolute Gasteiger partial charge is 0.426 e. The maximum absolute atomic E-state index is 13.1. The third-order valence-corrected chi connectivity index (χ3v) is 8.73. The van der Waals surface area contributed by atoms with Gasteiger partial charge in [0.15, 0.2) is 0 Å². The summed E-state index contributed by atoms with van der Waals surface area (Å²) in [5.74, 6) is 0.778. The molecule has 6 nitrogen and oxygen atoms in total. The number of allylic oxidation sites excluding steroid dienone is 3. The molecule has 0 saturated carbocycles. The summed E-state index contributed by atoms with van der Waals surface area (Å²) in [6.45, 7) is 12.8. The number of nitrogens with zero attached hydrogens (tertiary/aromatic N) is 2. The van der Waals surface area contributed by atoms with Crippen LogP contribution < -0.4 is 9.47 Å². The first-order valence-electron chi connectivity index (χ1n) is 15.0. The van der Waals surface area contributed by atoms with Crippen LogP contribution in [0, 0.1) is 5.92 Å². The van der Waals surface area contributed by atoms with Gasteiger partial charge in [-0.3, -0.25) is 9.59 Å². The highest BCUT2D eigenvalue weighted by atomic mass is 16.5. The maximum Gasteiger partial charge on any atom is 0.311 e. The zero-order valence-corrected chi connectivity index (χ0v) is 24.8. The number of likely N-dealkylation sites (N-methyl/N-ethyl adjacent to an activating group) is 2. The average Bonchev–Trinajstić information content (AvgIpc) is 3.78. The van der Waals surface area contributed by atoms with Crippen molar-refractivity contribution in [1.82, 2.24) is 9.80 Å². The Hall–Kier alpha value is -2.44. The van der Waals surface area contributed by atoms with Gasteiger partial charge in [0.2, 0.25) is 0 Å². The summed E-state index contributed by atoms with van der Waals surface area (Å²) >= 11 is 0. The highest BCUT2D eigenvalue weighted by Gasteiger charge is 2.34. The van der Waals surface area contributed by atoms with Crippen molar-refractivity contribution >= 4 is 11.9 Å². The van der Waals surface area contributed by atoms with Crippen LogP contribution in [0.3, 0.4) is 0 Å². The zero-order valence-electron chi connectivity index (χ0n) is 24.8. The van der Waals surface area contributed by atoms with Crippen LogP contribution >= 0.6 is 0 Å². The normalized spacial score (nSPS) is 27.5. The molecular formula is C33H48N2O4. The molecule has 0 aromatic heterocycles. The number of benzene rings is 1. The maximum atomic E-state index is 13.1. The lowest BCUT2D eigenvalue weighted by atomic mass is 9.73. The van der Waals surface area contributed by atoms with E-state index in [0.717, 1.165) is 81.2 Å². The zero-order chi connectivity index (χ0) is 28.1. The van der Waals surface area contributed by atoms with E-state index >= 15 is 0 Å². The Balaban J connectivity index is 1.68. The molecule has 6 atom stereocenters. The van der Waals surface area contributed by atoms with Crippen molar-refractivity contribution in [3.8, 4) is 11.5 Å². The summed E-state index contributed by atoms with van der Waals surface area (Å²) in [6.07, 6.45) is 10.7. The first kappa shape index (κ1) is 29.5. The Bertz CT molecular complexity index is 1040. The minimum Gasteiger partial charge on any atom is -0.426 e. The van der Waals surface area contributed by atoms with Gasteiger partial charge in [0, 0.05) is 49.5 Å². The van der Waals surface area contributed by atoms with Crippen molar-refractivity contribution in [2.75, 3.05) is 27.2 Å². The molecule has 214 valence electrons. The van der Waals surface area contributed by atoms with E-state index in [4.69, 9.17) is 9.47 Å². The van der Waals surface area contributed by atoms with Gasteiger partial charge in [-0.2, -0.15) is 0 Å². The van der Waals surface area contributed by atoms with Crippen LogP contribution in [0.15, 0.2) is 35.9 Å². The van der Waals surface area contributed by atoms with Crippen LogP contribution in [0.1, 0.15) is 95.6 Å². The Labute approximate surface area is 235 Å². The van der Waals surface area contributed by atoms with Gasteiger partial charge < -0.3 is 19.3 Å². The van der Waals surface area contributed by atoms with Gasteiger partial charge in [0.1, 0.15) is 11.5 Å². The lowest BCUT2D eigenvalue weighted by Gasteiger charge is -2.32. The molecule has 6 unspecified atom stereocenters. The third kappa shape index (κ3) is 8.28. The van der Waals surface area contributed by atoms with Crippen LogP contribution in [-0.2, 0) is 16.0 Å². The Morgan fingerprint density at radius 1 is 0.974 bits per heavy atom. The van der Waals surface area contributed by atoms with E-state index in [2.05, 4.69) is 57.3 Å². The van der Waals surface area contributed by atoms with Gasteiger partial charge in [-0.1, -0.05) is 43.6 Å². The fourth-order valence-electron chi connectivity index (χ4n) is 5.89. The topological polar surface area (TPSA) is 58.6 Å². The second-order valence-electron chi connectivity index (χ2n) is 12.2. The summed E-state index contributed by atoms with van der Waals surface area (Å²) in [4.78, 5) is 30.7. The summed E-state index contributed by atoms with van der Waals surface area (Å²) in [6, 6.07) is 4.98. The number of rotatable bonds is 14. The van der Waals surface area contributed by atoms with Crippen molar-refractivity contribution in [3.63, 3.8) is 0 Å². The molecule has 1 aliphatic carbocycles. The number of hydrogen-bond donors (Lipinski definition) is 0. The van der Waals surface area contributed by atoms with E-state index < -0.39 is 0 Å². The van der Waals surface area contributed by atoms with E-state index in [1.165, 1.54) is 5.57 Å². The number of hydrogen-bond acceptors (Lipinski definition) is 6. The van der Waals surface area contributed by atoms with Crippen molar-refractivity contribution in [1.29, 1.82) is 0 Å². The van der Waals surface area contributed by atoms with Crippen LogP contribution in [-0.4, -0.2) is 61.0 Å². The monoisotopic (exact) mass is 536 g/mol. The molecule has 1 aromatic rings. The second-order valence-corrected chi connectivity index (χ2v) is 12.2. The lowest BCUT2D eigenvalue weighted by Crippen LogP contribution is -2.21. The molecular weight excluding hydrogens is 488 g/mol. The quantitative estimate of drug-likeness (QED) is 0.0897. The fraction of sp³-hybridized carbons (Fsp3) is 0.636. The first-order chi connectivity index (χ1) is 18.7. The predicted octanol–water partition coefficient (Wildman–Crippen LogP) is 6.43. The van der Waals surface area contributed by atoms with Crippen molar-refractivity contribution in [3.05, 3.63) is 47.1 Å². The standard InChI is InChI=1S/C33H48N2O4/c1-7-8-9-10-24-18-29(38-31(36)15-12-25-20-34(25)5)33(28-17-23(4)11-14-27(28)22(2)3)30(19-24)39-32(37)16-13-26-21-35(26)6/h17-19,25-28H,2,7-16,20-21H2,1,3-6H3. The van der Waals surface area contributed by atoms with Gasteiger partial charge in [-0.15, -0.1) is 0 Å². The number of unbranched alkanes of at least 4 members (excludes halogenated alkanes) is 2. The van der Waals surface area contributed by atoms with Crippen LogP contribution in [0.4, 0.5) is 0 Å². The molecule has 0 spiro atoms. The molecule has 4 rings (SSSR count). The second kappa shape index (κ2) is 13.3. The van der Waals surface area contributed by atoms with E-state index in [9.17, 15) is 9.59 Å². The summed E-state index contributed by atoms with van der Waals surface area (Å²) in [5.41, 5.74) is 4.26. The fourth-order valence-corrected chi connectivity index (χ4v) is 5.89. The Morgan fingerprint density at radius 3 is 1.97 bits per heavy atom. The van der Waals surface area contributed by atoms with Gasteiger partial charge >= 0.3 is 11.9 Å². The smallest absolute Gasteiger partial charge is 0.311 e. The van der Waals surface area contributed by atoms with Crippen LogP contribution in [0.25, 0.3) is 0 Å². The van der Waals surface area contributed by atoms with Gasteiger partial charge in [-0.05, 0) is 90.1 Å². The number of carbonyl (C=O) groups is 2. The third-order valence-electron chi connectivity index (χ3n) is 8.73. The van der Waals surface area contributed by atoms with Gasteiger partial charge in [-0.25, -0.2) is 0 Å². The number of ether oxygens (including phenoxy) is 2. The molecule has 0 radical (unpaired) electrons. The van der Waals surface area contributed by atoms with E-state index in [0.29, 0.717) is 36.4 Å². The van der Waals surface area contributed by atoms with Crippen molar-refractivity contribution in [2.45, 2.75) is 103 Å². The molecule has 39 heavy (non-hydrogen) atoms. The van der Waals surface area contributed by atoms with E-state index in [1.54, 1.807) is 0 Å². The summed E-state index contributed by atoms with van der Waals surface area (Å²) in [7, 11) is 4.15. The van der Waals surface area contributed by atoms with Crippen molar-refractivity contribution < 1.29 is 19.1 Å². The summed E-state index contributed by atoms with van der Waals surface area (Å²) < 4.78 is 12.3. The number of aryl methyl sites for hydroxylation is 1. The molecule has 6 heteroatoms. The summed E-state index contributed by atoms with van der Waals surface area (Å²) in [5, 5.41) is 0. The molecule has 0 N–H and O–H groups in total. The number of carbonyl (C=O) groups excluding carboxylic acids is 2. The first-order valence-corrected chi connectivity index (χ1v) is 15.0. The molecule has 0 bridgehead atoms. The molecule has 2 saturated heterocycles. The Morgan fingerprint density at radius 2 is 1.51 bits per heavy atom. The molecule has 1 aromatic carbocycles. The molecule has 3 aliphatic rings.